The van der Waals surface area contributed by atoms with Crippen LogP contribution in [0.25, 0.3) is 29.9 Å². The summed E-state index contributed by atoms with van der Waals surface area (Å²) < 4.78 is 15.3. The standard InChI is InChI=1S/C22H16N2O5/c1-14-17(23-20(28-14)19-6-3-13-27-19)12-11-16-9-7-15(8-10-16)4-2-5-18-21(25)29-22(26)24-18/h2-13H,1H3,(H,24,26). The zero-order valence-electron chi connectivity index (χ0n) is 15.4. The van der Waals surface area contributed by atoms with E-state index in [2.05, 4.69) is 15.0 Å². The maximum absolute atomic E-state index is 11.3. The van der Waals surface area contributed by atoms with Gasteiger partial charge in [-0.05, 0) is 42.3 Å². The molecule has 29 heavy (non-hydrogen) atoms. The van der Waals surface area contributed by atoms with Gasteiger partial charge in [0.25, 0.3) is 5.89 Å². The Morgan fingerprint density at radius 1 is 1.00 bits per heavy atom. The van der Waals surface area contributed by atoms with Crippen molar-refractivity contribution in [2.24, 2.45) is 0 Å². The highest BCUT2D eigenvalue weighted by Crippen LogP contribution is 2.23. The Morgan fingerprint density at radius 3 is 2.41 bits per heavy atom. The second-order valence-electron chi connectivity index (χ2n) is 6.18. The Labute approximate surface area is 166 Å². The van der Waals surface area contributed by atoms with Gasteiger partial charge in [0.2, 0.25) is 0 Å². The first-order valence-electron chi connectivity index (χ1n) is 8.79. The summed E-state index contributed by atoms with van der Waals surface area (Å²) >= 11 is 0. The van der Waals surface area contributed by atoms with Crippen LogP contribution < -0.4 is 5.32 Å². The summed E-state index contributed by atoms with van der Waals surface area (Å²) in [7, 11) is 0. The molecule has 7 heteroatoms. The van der Waals surface area contributed by atoms with Crippen molar-refractivity contribution in [1.82, 2.24) is 10.3 Å². The molecule has 0 saturated carbocycles. The number of cyclic esters (lactones) is 2. The average molecular weight is 388 g/mol. The molecule has 1 aromatic carbocycles. The van der Waals surface area contributed by atoms with Gasteiger partial charge in [-0.2, -0.15) is 0 Å². The molecule has 0 unspecified atom stereocenters. The lowest BCUT2D eigenvalue weighted by atomic mass is 10.1. The van der Waals surface area contributed by atoms with E-state index in [9.17, 15) is 9.59 Å². The van der Waals surface area contributed by atoms with E-state index >= 15 is 0 Å². The fraction of sp³-hybridized carbons (Fsp3) is 0.0455. The Bertz CT molecular complexity index is 1130. The molecule has 3 heterocycles. The number of aromatic nitrogens is 1. The number of nitrogens with one attached hydrogen (secondary N) is 1. The topological polar surface area (TPSA) is 94.6 Å². The average Bonchev–Trinajstić information content (AvgIpc) is 3.42. The molecule has 144 valence electrons. The first kappa shape index (κ1) is 18.2. The molecule has 0 spiro atoms. The number of amides is 1. The third kappa shape index (κ3) is 4.24. The molecule has 1 amide bonds. The number of esters is 1. The van der Waals surface area contributed by atoms with Crippen LogP contribution in [0.15, 0.2) is 69.3 Å². The SMILES string of the molecule is Cc1oc(-c2ccco2)nc1C=Cc1ccc(C=CC=C2NC(=O)OC2=O)cc1. The largest absolute Gasteiger partial charge is 0.459 e. The van der Waals surface area contributed by atoms with Gasteiger partial charge in [-0.1, -0.05) is 42.5 Å². The second-order valence-corrected chi connectivity index (χ2v) is 6.18. The van der Waals surface area contributed by atoms with Gasteiger partial charge in [-0.25, -0.2) is 14.6 Å². The highest BCUT2D eigenvalue weighted by atomic mass is 16.6. The number of alkyl carbamates (subject to hydrolysis) is 1. The number of furan rings is 1. The summed E-state index contributed by atoms with van der Waals surface area (Å²) in [5.74, 6) is 1.06. The van der Waals surface area contributed by atoms with Gasteiger partial charge in [-0.15, -0.1) is 0 Å². The third-order valence-electron chi connectivity index (χ3n) is 4.13. The summed E-state index contributed by atoms with van der Waals surface area (Å²) in [5.41, 5.74) is 2.78. The molecule has 0 radical (unpaired) electrons. The smallest absolute Gasteiger partial charge is 0.419 e. The maximum atomic E-state index is 11.3. The molecule has 0 bridgehead atoms. The summed E-state index contributed by atoms with van der Waals surface area (Å²) in [6, 6.07) is 11.4. The number of nitrogens with zero attached hydrogens (tertiary/aromatic N) is 1. The van der Waals surface area contributed by atoms with Crippen molar-refractivity contribution in [2.75, 3.05) is 0 Å². The van der Waals surface area contributed by atoms with Crippen LogP contribution in [0, 0.1) is 6.92 Å². The van der Waals surface area contributed by atoms with Crippen molar-refractivity contribution in [3.8, 4) is 11.7 Å². The summed E-state index contributed by atoms with van der Waals surface area (Å²) in [6.45, 7) is 1.85. The predicted molar refractivity (Wildman–Crippen MR) is 106 cm³/mol. The first-order chi connectivity index (χ1) is 14.1. The minimum Gasteiger partial charge on any atom is -0.459 e. The van der Waals surface area contributed by atoms with Crippen LogP contribution in [0.2, 0.25) is 0 Å². The minimum absolute atomic E-state index is 0.114. The highest BCUT2D eigenvalue weighted by Gasteiger charge is 2.25. The molecule has 1 saturated heterocycles. The van der Waals surface area contributed by atoms with E-state index in [0.29, 0.717) is 17.4 Å². The second kappa shape index (κ2) is 7.85. The predicted octanol–water partition coefficient (Wildman–Crippen LogP) is 4.58. The molecule has 1 aliphatic heterocycles. The summed E-state index contributed by atoms with van der Waals surface area (Å²) in [5, 5.41) is 2.32. The van der Waals surface area contributed by atoms with Crippen molar-refractivity contribution < 1.29 is 23.2 Å². The van der Waals surface area contributed by atoms with E-state index in [-0.39, 0.29) is 5.70 Å². The lowest BCUT2D eigenvalue weighted by Crippen LogP contribution is -2.11. The van der Waals surface area contributed by atoms with Gasteiger partial charge in [0, 0.05) is 0 Å². The number of benzene rings is 1. The van der Waals surface area contributed by atoms with Gasteiger partial charge < -0.3 is 13.6 Å². The van der Waals surface area contributed by atoms with Crippen LogP contribution in [0.5, 0.6) is 0 Å². The van der Waals surface area contributed by atoms with Crippen LogP contribution in [-0.4, -0.2) is 17.0 Å². The van der Waals surface area contributed by atoms with Crippen molar-refractivity contribution in [3.63, 3.8) is 0 Å². The number of carbonyl (C=O) groups excluding carboxylic acids is 2. The summed E-state index contributed by atoms with van der Waals surface area (Å²) in [6.07, 6.45) is 9.62. The van der Waals surface area contributed by atoms with Crippen molar-refractivity contribution >= 4 is 30.3 Å². The van der Waals surface area contributed by atoms with E-state index in [1.54, 1.807) is 24.5 Å². The summed E-state index contributed by atoms with van der Waals surface area (Å²) in [4.78, 5) is 26.7. The number of ether oxygens (including phenoxy) is 1. The van der Waals surface area contributed by atoms with Crippen molar-refractivity contribution in [2.45, 2.75) is 6.92 Å². The van der Waals surface area contributed by atoms with Crippen LogP contribution >= 0.6 is 0 Å². The van der Waals surface area contributed by atoms with E-state index in [1.807, 2.05) is 49.4 Å². The zero-order valence-corrected chi connectivity index (χ0v) is 15.4. The van der Waals surface area contributed by atoms with E-state index in [4.69, 9.17) is 8.83 Å². The highest BCUT2D eigenvalue weighted by molar-refractivity contribution is 6.04. The van der Waals surface area contributed by atoms with Crippen LogP contribution in [0.4, 0.5) is 4.79 Å². The molecular formula is C22H16N2O5. The van der Waals surface area contributed by atoms with Gasteiger partial charge in [0.15, 0.2) is 5.76 Å². The number of oxazole rings is 1. The molecule has 1 fully saturated rings. The molecule has 3 aromatic rings. The quantitative estimate of drug-likeness (QED) is 0.391. The minimum atomic E-state index is -0.760. The number of carbonyl (C=O) groups is 2. The number of rotatable bonds is 5. The lowest BCUT2D eigenvalue weighted by Gasteiger charge is -1.96. The normalized spacial score (nSPS) is 15.6. The number of hydrogen-bond donors (Lipinski definition) is 1. The molecule has 4 rings (SSSR count). The molecule has 0 atom stereocenters. The van der Waals surface area contributed by atoms with Crippen LogP contribution in [0.1, 0.15) is 22.6 Å². The monoisotopic (exact) mass is 388 g/mol. The Kier molecular flexibility index (Phi) is 4.94. The number of aryl methyl sites for hydroxylation is 1. The third-order valence-corrected chi connectivity index (χ3v) is 4.13. The lowest BCUT2D eigenvalue weighted by molar-refractivity contribution is -0.130. The maximum Gasteiger partial charge on any atom is 0.419 e. The number of hydrogen-bond acceptors (Lipinski definition) is 6. The van der Waals surface area contributed by atoms with E-state index in [1.165, 1.54) is 6.08 Å². The molecule has 1 aliphatic rings. The van der Waals surface area contributed by atoms with Gasteiger partial charge >= 0.3 is 12.1 Å². The molecule has 1 N–H and O–H groups in total. The van der Waals surface area contributed by atoms with Crippen molar-refractivity contribution in [3.05, 3.63) is 83.1 Å². The molecule has 2 aromatic heterocycles. The molecular weight excluding hydrogens is 372 g/mol. The zero-order chi connectivity index (χ0) is 20.2. The van der Waals surface area contributed by atoms with Gasteiger partial charge in [-0.3, -0.25) is 5.32 Å². The molecule has 0 aliphatic carbocycles. The van der Waals surface area contributed by atoms with Crippen LogP contribution in [0.3, 0.4) is 0 Å². The van der Waals surface area contributed by atoms with Gasteiger partial charge in [0.05, 0.1) is 6.26 Å². The Morgan fingerprint density at radius 2 is 1.76 bits per heavy atom. The van der Waals surface area contributed by atoms with E-state index < -0.39 is 12.1 Å². The van der Waals surface area contributed by atoms with Crippen molar-refractivity contribution in [1.29, 1.82) is 0 Å². The Balaban J connectivity index is 1.42. The van der Waals surface area contributed by atoms with Gasteiger partial charge in [0.1, 0.15) is 17.2 Å². The van der Waals surface area contributed by atoms with Crippen LogP contribution in [-0.2, 0) is 9.53 Å². The Hall–Kier alpha value is -4.13. The first-order valence-corrected chi connectivity index (χ1v) is 8.79. The fourth-order valence-electron chi connectivity index (χ4n) is 2.65. The number of allylic oxidation sites excluding steroid dienone is 2. The fourth-order valence-corrected chi connectivity index (χ4v) is 2.65. The van der Waals surface area contributed by atoms with E-state index in [0.717, 1.165) is 16.8 Å². The molecule has 7 nitrogen and oxygen atoms in total.